The SMILES string of the molecule is Cc1cc(C)cc(O[C@H](C)C(=O)N2CCN(c3cccc(Cl)c3)CC2)c1. The molecule has 2 aromatic rings. The molecule has 0 spiro atoms. The van der Waals surface area contributed by atoms with E-state index in [1.165, 1.54) is 0 Å². The van der Waals surface area contributed by atoms with E-state index in [-0.39, 0.29) is 5.91 Å². The standard InChI is InChI=1S/C21H25ClN2O2/c1-15-11-16(2)13-20(12-15)26-17(3)21(25)24-9-7-23(8-10-24)19-6-4-5-18(22)14-19/h4-6,11-14,17H,7-10H2,1-3H3/t17-/m1/s1. The van der Waals surface area contributed by atoms with Gasteiger partial charge in [-0.1, -0.05) is 23.7 Å². The molecule has 0 radical (unpaired) electrons. The van der Waals surface area contributed by atoms with Crippen LogP contribution in [0, 0.1) is 13.8 Å². The zero-order chi connectivity index (χ0) is 18.7. The average molecular weight is 373 g/mol. The molecule has 1 atom stereocenters. The maximum absolute atomic E-state index is 12.7. The highest BCUT2D eigenvalue weighted by Crippen LogP contribution is 2.22. The summed E-state index contributed by atoms with van der Waals surface area (Å²) in [4.78, 5) is 16.9. The summed E-state index contributed by atoms with van der Waals surface area (Å²) in [5, 5.41) is 0.733. The second-order valence-corrected chi connectivity index (χ2v) is 7.31. The van der Waals surface area contributed by atoms with Crippen LogP contribution < -0.4 is 9.64 Å². The van der Waals surface area contributed by atoms with Gasteiger partial charge in [0.15, 0.2) is 6.10 Å². The number of piperazine rings is 1. The highest BCUT2D eigenvalue weighted by molar-refractivity contribution is 6.30. The van der Waals surface area contributed by atoms with Gasteiger partial charge in [0.2, 0.25) is 0 Å². The third-order valence-electron chi connectivity index (χ3n) is 4.62. The summed E-state index contributed by atoms with van der Waals surface area (Å²) in [6.45, 7) is 8.84. The number of ether oxygens (including phenoxy) is 1. The lowest BCUT2D eigenvalue weighted by Crippen LogP contribution is -2.52. The Hall–Kier alpha value is -2.20. The number of rotatable bonds is 4. The third kappa shape index (κ3) is 4.50. The second kappa shape index (κ2) is 8.00. The van der Waals surface area contributed by atoms with E-state index in [0.717, 1.165) is 40.7 Å². The number of halogens is 1. The minimum Gasteiger partial charge on any atom is -0.481 e. The normalized spacial score (nSPS) is 15.7. The lowest BCUT2D eigenvalue weighted by Gasteiger charge is -2.37. The lowest BCUT2D eigenvalue weighted by molar-refractivity contribution is -0.138. The Labute approximate surface area is 160 Å². The van der Waals surface area contributed by atoms with Crippen LogP contribution >= 0.6 is 11.6 Å². The molecule has 0 aliphatic carbocycles. The summed E-state index contributed by atoms with van der Waals surface area (Å²) in [5.74, 6) is 0.788. The van der Waals surface area contributed by atoms with E-state index in [1.807, 2.05) is 56.0 Å². The van der Waals surface area contributed by atoms with Crippen molar-refractivity contribution >= 4 is 23.2 Å². The predicted molar refractivity (Wildman–Crippen MR) is 106 cm³/mol. The van der Waals surface area contributed by atoms with E-state index in [2.05, 4.69) is 17.0 Å². The van der Waals surface area contributed by atoms with Gasteiger partial charge in [0.25, 0.3) is 5.91 Å². The first-order valence-electron chi connectivity index (χ1n) is 8.96. The van der Waals surface area contributed by atoms with Gasteiger partial charge in [-0.15, -0.1) is 0 Å². The number of carbonyl (C=O) groups excluding carboxylic acids is 1. The number of anilines is 1. The van der Waals surface area contributed by atoms with E-state index in [1.54, 1.807) is 0 Å². The van der Waals surface area contributed by atoms with Crippen LogP contribution in [0.3, 0.4) is 0 Å². The van der Waals surface area contributed by atoms with E-state index in [0.29, 0.717) is 13.1 Å². The van der Waals surface area contributed by atoms with E-state index >= 15 is 0 Å². The quantitative estimate of drug-likeness (QED) is 0.810. The molecule has 0 unspecified atom stereocenters. The summed E-state index contributed by atoms with van der Waals surface area (Å²) in [6, 6.07) is 13.9. The molecule has 26 heavy (non-hydrogen) atoms. The van der Waals surface area contributed by atoms with Crippen LogP contribution in [0.25, 0.3) is 0 Å². The zero-order valence-electron chi connectivity index (χ0n) is 15.5. The number of hydrogen-bond donors (Lipinski definition) is 0. The van der Waals surface area contributed by atoms with Crippen LogP contribution in [-0.2, 0) is 4.79 Å². The molecule has 1 saturated heterocycles. The molecule has 4 nitrogen and oxygen atoms in total. The van der Waals surface area contributed by atoms with Gasteiger partial charge in [0.1, 0.15) is 5.75 Å². The Morgan fingerprint density at radius 2 is 1.69 bits per heavy atom. The molecule has 0 bridgehead atoms. The fourth-order valence-electron chi connectivity index (χ4n) is 3.37. The van der Waals surface area contributed by atoms with Gasteiger partial charge >= 0.3 is 0 Å². The van der Waals surface area contributed by atoms with Gasteiger partial charge < -0.3 is 14.5 Å². The number of hydrogen-bond acceptors (Lipinski definition) is 3. The van der Waals surface area contributed by atoms with Crippen molar-refractivity contribution in [1.82, 2.24) is 4.90 Å². The summed E-state index contributed by atoms with van der Waals surface area (Å²) < 4.78 is 5.90. The second-order valence-electron chi connectivity index (χ2n) is 6.88. The summed E-state index contributed by atoms with van der Waals surface area (Å²) in [7, 11) is 0. The Balaban J connectivity index is 1.57. The Kier molecular flexibility index (Phi) is 5.72. The van der Waals surface area contributed by atoms with Crippen molar-refractivity contribution in [1.29, 1.82) is 0 Å². The summed E-state index contributed by atoms with van der Waals surface area (Å²) in [6.07, 6.45) is -0.492. The minimum atomic E-state index is -0.492. The van der Waals surface area contributed by atoms with Gasteiger partial charge in [0, 0.05) is 36.9 Å². The Morgan fingerprint density at radius 3 is 2.31 bits per heavy atom. The fourth-order valence-corrected chi connectivity index (χ4v) is 3.55. The number of benzene rings is 2. The first-order chi connectivity index (χ1) is 12.4. The van der Waals surface area contributed by atoms with E-state index in [4.69, 9.17) is 16.3 Å². The van der Waals surface area contributed by atoms with Gasteiger partial charge in [-0.05, 0) is 62.2 Å². The number of nitrogens with zero attached hydrogens (tertiary/aromatic N) is 2. The maximum Gasteiger partial charge on any atom is 0.263 e. The van der Waals surface area contributed by atoms with Crippen molar-refractivity contribution in [2.75, 3.05) is 31.1 Å². The highest BCUT2D eigenvalue weighted by atomic mass is 35.5. The average Bonchev–Trinajstić information content (AvgIpc) is 2.60. The van der Waals surface area contributed by atoms with Gasteiger partial charge in [-0.25, -0.2) is 0 Å². The molecular formula is C21H25ClN2O2. The first-order valence-corrected chi connectivity index (χ1v) is 9.34. The molecule has 1 fully saturated rings. The van der Waals surface area contributed by atoms with Crippen molar-refractivity contribution < 1.29 is 9.53 Å². The fraction of sp³-hybridized carbons (Fsp3) is 0.381. The van der Waals surface area contributed by atoms with Crippen molar-refractivity contribution in [2.24, 2.45) is 0 Å². The molecule has 2 aromatic carbocycles. The van der Waals surface area contributed by atoms with Crippen molar-refractivity contribution in [3.8, 4) is 5.75 Å². The highest BCUT2D eigenvalue weighted by Gasteiger charge is 2.26. The molecule has 138 valence electrons. The minimum absolute atomic E-state index is 0.0369. The summed E-state index contributed by atoms with van der Waals surface area (Å²) >= 11 is 6.08. The van der Waals surface area contributed by atoms with Crippen LogP contribution in [0.5, 0.6) is 5.75 Å². The molecule has 5 heteroatoms. The Bertz CT molecular complexity index is 765. The maximum atomic E-state index is 12.7. The number of aryl methyl sites for hydroxylation is 2. The van der Waals surface area contributed by atoms with Gasteiger partial charge in [-0.2, -0.15) is 0 Å². The molecule has 0 aromatic heterocycles. The van der Waals surface area contributed by atoms with Gasteiger partial charge in [0.05, 0.1) is 0 Å². The number of amides is 1. The molecule has 0 saturated carbocycles. The summed E-state index contributed by atoms with van der Waals surface area (Å²) in [5.41, 5.74) is 3.37. The first kappa shape index (κ1) is 18.6. The third-order valence-corrected chi connectivity index (χ3v) is 4.86. The lowest BCUT2D eigenvalue weighted by atomic mass is 10.1. The molecule has 1 aliphatic heterocycles. The van der Waals surface area contributed by atoms with Crippen LogP contribution in [0.4, 0.5) is 5.69 Å². The largest absolute Gasteiger partial charge is 0.481 e. The molecule has 1 aliphatic rings. The predicted octanol–water partition coefficient (Wildman–Crippen LogP) is 4.07. The monoisotopic (exact) mass is 372 g/mol. The van der Waals surface area contributed by atoms with Crippen LogP contribution in [0.1, 0.15) is 18.1 Å². The van der Waals surface area contributed by atoms with Crippen LogP contribution in [-0.4, -0.2) is 43.1 Å². The van der Waals surface area contributed by atoms with Crippen LogP contribution in [0.15, 0.2) is 42.5 Å². The van der Waals surface area contributed by atoms with E-state index in [9.17, 15) is 4.79 Å². The van der Waals surface area contributed by atoms with Crippen LogP contribution in [0.2, 0.25) is 5.02 Å². The van der Waals surface area contributed by atoms with Crippen molar-refractivity contribution in [3.05, 3.63) is 58.6 Å². The molecule has 1 amide bonds. The molecule has 0 N–H and O–H groups in total. The smallest absolute Gasteiger partial charge is 0.263 e. The van der Waals surface area contributed by atoms with Gasteiger partial charge in [-0.3, -0.25) is 4.79 Å². The zero-order valence-corrected chi connectivity index (χ0v) is 16.3. The van der Waals surface area contributed by atoms with Crippen molar-refractivity contribution in [3.63, 3.8) is 0 Å². The Morgan fingerprint density at radius 1 is 1.04 bits per heavy atom. The number of carbonyl (C=O) groups is 1. The molecule has 1 heterocycles. The topological polar surface area (TPSA) is 32.8 Å². The van der Waals surface area contributed by atoms with Crippen molar-refractivity contribution in [2.45, 2.75) is 26.9 Å². The molecular weight excluding hydrogens is 348 g/mol. The van der Waals surface area contributed by atoms with E-state index < -0.39 is 6.10 Å². The molecule has 3 rings (SSSR count).